The van der Waals surface area contributed by atoms with E-state index in [1.54, 1.807) is 14.2 Å². The van der Waals surface area contributed by atoms with Crippen molar-refractivity contribution < 1.29 is 23.4 Å². The number of hydrogen-bond donors (Lipinski definition) is 0. The molecule has 0 aliphatic rings. The maximum Gasteiger partial charge on any atom is 0.305 e. The number of aryl methyl sites for hydroxylation is 1. The van der Waals surface area contributed by atoms with Crippen LogP contribution in [-0.4, -0.2) is 31.8 Å². The summed E-state index contributed by atoms with van der Waals surface area (Å²) in [7, 11) is 3.29. The first-order valence-electron chi connectivity index (χ1n) is 10.6. The molecule has 0 fully saturated rings. The van der Waals surface area contributed by atoms with Crippen LogP contribution in [0.15, 0.2) is 52.9 Å². The highest BCUT2D eigenvalue weighted by molar-refractivity contribution is 5.77. The number of carbonyl (C=O) groups is 1. The Morgan fingerprint density at radius 1 is 0.871 bits per heavy atom. The monoisotopic (exact) mass is 423 g/mol. The number of rotatable bonds is 11. The fraction of sp³-hybridized carbons (Fsp3) is 0.360. The van der Waals surface area contributed by atoms with Crippen LogP contribution >= 0.6 is 0 Å². The zero-order chi connectivity index (χ0) is 22.1. The lowest BCUT2D eigenvalue weighted by molar-refractivity contribution is -0.143. The lowest BCUT2D eigenvalue weighted by Gasteiger charge is -2.04. The molecule has 31 heavy (non-hydrogen) atoms. The minimum absolute atomic E-state index is 0.137. The van der Waals surface area contributed by atoms with E-state index in [0.29, 0.717) is 25.3 Å². The Kier molecular flexibility index (Phi) is 8.10. The SMILES string of the molecule is CCOC(=O)CCCCCc1nc(-c2ccc(OC)cc2)c(-c2ccc(OC)cc2)o1. The summed E-state index contributed by atoms with van der Waals surface area (Å²) < 4.78 is 21.7. The number of hydrogen-bond acceptors (Lipinski definition) is 6. The highest BCUT2D eigenvalue weighted by Gasteiger charge is 2.17. The molecular formula is C25H29NO5. The first-order valence-corrected chi connectivity index (χ1v) is 10.6. The second kappa shape index (κ2) is 11.2. The predicted molar refractivity (Wildman–Crippen MR) is 119 cm³/mol. The maximum atomic E-state index is 11.5. The van der Waals surface area contributed by atoms with Gasteiger partial charge in [-0.3, -0.25) is 4.79 Å². The number of nitrogens with zero attached hydrogens (tertiary/aromatic N) is 1. The molecule has 0 amide bonds. The van der Waals surface area contributed by atoms with Crippen molar-refractivity contribution in [1.29, 1.82) is 0 Å². The summed E-state index contributed by atoms with van der Waals surface area (Å²) in [4.78, 5) is 16.2. The van der Waals surface area contributed by atoms with Gasteiger partial charge in [0.25, 0.3) is 0 Å². The molecule has 0 spiro atoms. The molecule has 1 heterocycles. The molecule has 0 N–H and O–H groups in total. The summed E-state index contributed by atoms with van der Waals surface area (Å²) in [5.41, 5.74) is 2.70. The van der Waals surface area contributed by atoms with Crippen molar-refractivity contribution in [3.8, 4) is 34.1 Å². The minimum atomic E-state index is -0.137. The van der Waals surface area contributed by atoms with Crippen molar-refractivity contribution in [2.45, 2.75) is 39.0 Å². The van der Waals surface area contributed by atoms with Gasteiger partial charge in [0, 0.05) is 24.0 Å². The molecule has 6 nitrogen and oxygen atoms in total. The lowest BCUT2D eigenvalue weighted by atomic mass is 10.1. The molecule has 0 saturated carbocycles. The van der Waals surface area contributed by atoms with Gasteiger partial charge >= 0.3 is 5.97 Å². The highest BCUT2D eigenvalue weighted by Crippen LogP contribution is 2.34. The summed E-state index contributed by atoms with van der Waals surface area (Å²) in [5, 5.41) is 0. The van der Waals surface area contributed by atoms with Crippen LogP contribution in [0.3, 0.4) is 0 Å². The average Bonchev–Trinajstić information content (AvgIpc) is 3.23. The van der Waals surface area contributed by atoms with Crippen LogP contribution in [0.1, 0.15) is 38.5 Å². The van der Waals surface area contributed by atoms with Gasteiger partial charge in [0.1, 0.15) is 17.2 Å². The number of ether oxygens (including phenoxy) is 3. The fourth-order valence-electron chi connectivity index (χ4n) is 3.31. The summed E-state index contributed by atoms with van der Waals surface area (Å²) >= 11 is 0. The van der Waals surface area contributed by atoms with Gasteiger partial charge in [-0.05, 0) is 68.3 Å². The van der Waals surface area contributed by atoms with E-state index in [2.05, 4.69) is 0 Å². The molecule has 2 aromatic carbocycles. The van der Waals surface area contributed by atoms with Crippen molar-refractivity contribution in [1.82, 2.24) is 4.98 Å². The molecule has 6 heteroatoms. The van der Waals surface area contributed by atoms with E-state index in [1.165, 1.54) is 0 Å². The Morgan fingerprint density at radius 3 is 2.06 bits per heavy atom. The van der Waals surface area contributed by atoms with Crippen LogP contribution in [0, 0.1) is 0 Å². The quantitative estimate of drug-likeness (QED) is 0.291. The van der Waals surface area contributed by atoms with Crippen molar-refractivity contribution in [3.05, 3.63) is 54.4 Å². The third-order valence-electron chi connectivity index (χ3n) is 4.96. The standard InChI is InChI=1S/C25H29NO5/c1-4-30-23(27)9-7-5-6-8-22-26-24(18-10-14-20(28-2)15-11-18)25(31-22)19-12-16-21(29-3)17-13-19/h10-17H,4-9H2,1-3H3. The number of carbonyl (C=O) groups excluding carboxylic acids is 1. The maximum absolute atomic E-state index is 11.5. The average molecular weight is 424 g/mol. The summed E-state index contributed by atoms with van der Waals surface area (Å²) in [6.07, 6.45) is 3.77. The molecular weight excluding hydrogens is 394 g/mol. The molecule has 0 saturated heterocycles. The van der Waals surface area contributed by atoms with Crippen molar-refractivity contribution >= 4 is 5.97 Å². The molecule has 0 aliphatic heterocycles. The van der Waals surface area contributed by atoms with Crippen molar-refractivity contribution in [3.63, 3.8) is 0 Å². The molecule has 3 rings (SSSR count). The van der Waals surface area contributed by atoms with E-state index >= 15 is 0 Å². The molecule has 0 aliphatic carbocycles. The molecule has 0 radical (unpaired) electrons. The van der Waals surface area contributed by atoms with Crippen LogP contribution in [0.2, 0.25) is 0 Å². The van der Waals surface area contributed by atoms with E-state index < -0.39 is 0 Å². The van der Waals surface area contributed by atoms with Crippen molar-refractivity contribution in [2.75, 3.05) is 20.8 Å². The minimum Gasteiger partial charge on any atom is -0.497 e. The van der Waals surface area contributed by atoms with E-state index in [4.69, 9.17) is 23.6 Å². The fourth-order valence-corrected chi connectivity index (χ4v) is 3.31. The smallest absolute Gasteiger partial charge is 0.305 e. The highest BCUT2D eigenvalue weighted by atomic mass is 16.5. The van der Waals surface area contributed by atoms with Crippen LogP contribution in [-0.2, 0) is 16.0 Å². The molecule has 0 atom stereocenters. The van der Waals surface area contributed by atoms with Gasteiger partial charge < -0.3 is 18.6 Å². The van der Waals surface area contributed by atoms with E-state index in [1.807, 2.05) is 55.5 Å². The predicted octanol–water partition coefficient (Wildman–Crippen LogP) is 5.69. The van der Waals surface area contributed by atoms with E-state index in [9.17, 15) is 4.79 Å². The lowest BCUT2D eigenvalue weighted by Crippen LogP contribution is -2.03. The number of benzene rings is 2. The van der Waals surface area contributed by atoms with Crippen LogP contribution in [0.5, 0.6) is 11.5 Å². The third kappa shape index (κ3) is 6.10. The number of unbranched alkanes of at least 4 members (excludes halogenated alkanes) is 2. The third-order valence-corrected chi connectivity index (χ3v) is 4.96. The van der Waals surface area contributed by atoms with Crippen LogP contribution < -0.4 is 9.47 Å². The van der Waals surface area contributed by atoms with Gasteiger partial charge in [0.2, 0.25) is 0 Å². The van der Waals surface area contributed by atoms with Gasteiger partial charge in [-0.25, -0.2) is 4.98 Å². The number of aromatic nitrogens is 1. The molecule has 3 aromatic rings. The van der Waals surface area contributed by atoms with E-state index in [0.717, 1.165) is 53.3 Å². The first-order chi connectivity index (χ1) is 15.1. The van der Waals surface area contributed by atoms with Crippen LogP contribution in [0.25, 0.3) is 22.6 Å². The normalized spacial score (nSPS) is 10.7. The summed E-state index contributed by atoms with van der Waals surface area (Å²) in [6, 6.07) is 15.5. The largest absolute Gasteiger partial charge is 0.497 e. The Balaban J connectivity index is 1.76. The van der Waals surface area contributed by atoms with Gasteiger partial charge in [0.05, 0.1) is 20.8 Å². The molecule has 0 bridgehead atoms. The Labute approximate surface area is 183 Å². The number of methoxy groups -OCH3 is 2. The second-order valence-corrected chi connectivity index (χ2v) is 7.11. The summed E-state index contributed by atoms with van der Waals surface area (Å²) in [6.45, 7) is 2.25. The Hall–Kier alpha value is -3.28. The second-order valence-electron chi connectivity index (χ2n) is 7.11. The van der Waals surface area contributed by atoms with Crippen LogP contribution in [0.4, 0.5) is 0 Å². The van der Waals surface area contributed by atoms with Gasteiger partial charge in [-0.2, -0.15) is 0 Å². The topological polar surface area (TPSA) is 70.8 Å². The number of oxazole rings is 1. The molecule has 0 unspecified atom stereocenters. The first kappa shape index (κ1) is 22.4. The van der Waals surface area contributed by atoms with E-state index in [-0.39, 0.29) is 5.97 Å². The van der Waals surface area contributed by atoms with Gasteiger partial charge in [-0.15, -0.1) is 0 Å². The zero-order valence-corrected chi connectivity index (χ0v) is 18.3. The van der Waals surface area contributed by atoms with Crippen molar-refractivity contribution in [2.24, 2.45) is 0 Å². The Bertz CT molecular complexity index is 896. The molecule has 164 valence electrons. The zero-order valence-electron chi connectivity index (χ0n) is 18.3. The Morgan fingerprint density at radius 2 is 1.48 bits per heavy atom. The van der Waals surface area contributed by atoms with Gasteiger partial charge in [0.15, 0.2) is 11.7 Å². The molecule has 1 aromatic heterocycles. The number of esters is 1. The summed E-state index contributed by atoms with van der Waals surface area (Å²) in [5.74, 6) is 2.86. The van der Waals surface area contributed by atoms with Gasteiger partial charge in [-0.1, -0.05) is 6.42 Å².